The highest BCUT2D eigenvalue weighted by molar-refractivity contribution is 5.99. The average molecular weight is 316 g/mol. The molecule has 0 aliphatic carbocycles. The second-order valence-electron chi connectivity index (χ2n) is 5.19. The van der Waals surface area contributed by atoms with Gasteiger partial charge in [0.25, 0.3) is 5.91 Å². The Morgan fingerprint density at radius 2 is 2.04 bits per heavy atom. The highest BCUT2D eigenvalue weighted by atomic mass is 16.5. The van der Waals surface area contributed by atoms with E-state index in [-0.39, 0.29) is 11.8 Å². The van der Waals surface area contributed by atoms with E-state index < -0.39 is 0 Å². The molecule has 7 nitrogen and oxygen atoms in total. The van der Waals surface area contributed by atoms with E-state index in [1.807, 2.05) is 0 Å². The van der Waals surface area contributed by atoms with Crippen LogP contribution in [0.1, 0.15) is 40.5 Å². The van der Waals surface area contributed by atoms with Crippen molar-refractivity contribution < 1.29 is 14.1 Å². The zero-order chi connectivity index (χ0) is 16.8. The van der Waals surface area contributed by atoms with Crippen molar-refractivity contribution in [3.63, 3.8) is 0 Å². The van der Waals surface area contributed by atoms with Crippen LogP contribution in [-0.4, -0.2) is 29.0 Å². The van der Waals surface area contributed by atoms with Crippen LogP contribution in [0.15, 0.2) is 22.7 Å². The summed E-state index contributed by atoms with van der Waals surface area (Å²) in [5.41, 5.74) is 1.93. The highest BCUT2D eigenvalue weighted by Crippen LogP contribution is 2.19. The van der Waals surface area contributed by atoms with Gasteiger partial charge >= 0.3 is 0 Å². The summed E-state index contributed by atoms with van der Waals surface area (Å²) < 4.78 is 5.00. The van der Waals surface area contributed by atoms with Crippen LogP contribution in [0.25, 0.3) is 0 Å². The fourth-order valence-corrected chi connectivity index (χ4v) is 2.21. The molecule has 2 rings (SSSR count). The van der Waals surface area contributed by atoms with Crippen molar-refractivity contribution in [1.82, 2.24) is 15.5 Å². The van der Waals surface area contributed by atoms with Gasteiger partial charge in [0.1, 0.15) is 0 Å². The van der Waals surface area contributed by atoms with Crippen LogP contribution in [0.2, 0.25) is 0 Å². The number of carbonyl (C=O) groups excluding carboxylic acids is 2. The number of carbonyl (C=O) groups is 2. The molecule has 0 aliphatic rings. The molecule has 2 aromatic rings. The van der Waals surface area contributed by atoms with Gasteiger partial charge in [-0.3, -0.25) is 9.59 Å². The summed E-state index contributed by atoms with van der Waals surface area (Å²) in [6, 6.07) is 5.25. The highest BCUT2D eigenvalue weighted by Gasteiger charge is 2.12. The van der Waals surface area contributed by atoms with Gasteiger partial charge in [-0.05, 0) is 38.0 Å². The summed E-state index contributed by atoms with van der Waals surface area (Å²) in [5, 5.41) is 9.12. The van der Waals surface area contributed by atoms with Crippen molar-refractivity contribution in [3.05, 3.63) is 41.0 Å². The van der Waals surface area contributed by atoms with Crippen LogP contribution in [0.3, 0.4) is 0 Å². The predicted molar refractivity (Wildman–Crippen MR) is 85.2 cm³/mol. The van der Waals surface area contributed by atoms with Crippen molar-refractivity contribution in [2.24, 2.45) is 0 Å². The van der Waals surface area contributed by atoms with Crippen molar-refractivity contribution in [1.29, 1.82) is 0 Å². The number of hydrogen-bond acceptors (Lipinski definition) is 5. The number of nitrogens with one attached hydrogen (secondary N) is 2. The first-order chi connectivity index (χ1) is 11.0. The third kappa shape index (κ3) is 4.38. The quantitative estimate of drug-likeness (QED) is 0.849. The molecule has 1 aromatic carbocycles. The van der Waals surface area contributed by atoms with Gasteiger partial charge in [-0.25, -0.2) is 0 Å². The SMILES string of the molecule is CNC(=O)c1cccc(NC(=O)CCCc2nc(C)no2)c1C. The van der Waals surface area contributed by atoms with E-state index in [0.717, 1.165) is 5.56 Å². The third-order valence-electron chi connectivity index (χ3n) is 3.44. The molecule has 1 heterocycles. The van der Waals surface area contributed by atoms with E-state index in [4.69, 9.17) is 4.52 Å². The first kappa shape index (κ1) is 16.7. The number of amides is 2. The van der Waals surface area contributed by atoms with Gasteiger partial charge in [0.05, 0.1) is 0 Å². The first-order valence-electron chi connectivity index (χ1n) is 7.42. The Balaban J connectivity index is 1.91. The van der Waals surface area contributed by atoms with Crippen LogP contribution >= 0.6 is 0 Å². The van der Waals surface area contributed by atoms with E-state index in [1.54, 1.807) is 39.1 Å². The summed E-state index contributed by atoms with van der Waals surface area (Å²) in [5.74, 6) is 0.836. The molecule has 0 saturated heterocycles. The van der Waals surface area contributed by atoms with Crippen molar-refractivity contribution in [3.8, 4) is 0 Å². The van der Waals surface area contributed by atoms with Crippen LogP contribution in [0.5, 0.6) is 0 Å². The van der Waals surface area contributed by atoms with E-state index >= 15 is 0 Å². The standard InChI is InChI=1S/C16H20N4O3/c1-10-12(16(22)17-3)6-4-7-13(10)19-14(21)8-5-9-15-18-11(2)20-23-15/h4,6-7H,5,8-9H2,1-3H3,(H,17,22)(H,19,21). The van der Waals surface area contributed by atoms with Crippen LogP contribution in [-0.2, 0) is 11.2 Å². The zero-order valence-corrected chi connectivity index (χ0v) is 13.5. The third-order valence-corrected chi connectivity index (χ3v) is 3.44. The molecule has 0 aliphatic heterocycles. The Labute approximate surface area is 134 Å². The molecule has 122 valence electrons. The summed E-state index contributed by atoms with van der Waals surface area (Å²) in [7, 11) is 1.58. The second kappa shape index (κ2) is 7.53. The maximum Gasteiger partial charge on any atom is 0.251 e. The van der Waals surface area contributed by atoms with Crippen LogP contribution < -0.4 is 10.6 Å². The number of rotatable bonds is 6. The largest absolute Gasteiger partial charge is 0.355 e. The number of aromatic nitrogens is 2. The molecular formula is C16H20N4O3. The predicted octanol–water partition coefficient (Wildman–Crippen LogP) is 2.01. The summed E-state index contributed by atoms with van der Waals surface area (Å²) in [4.78, 5) is 27.9. The number of aryl methyl sites for hydroxylation is 2. The average Bonchev–Trinajstić information content (AvgIpc) is 2.94. The Kier molecular flexibility index (Phi) is 5.46. The maximum atomic E-state index is 12.0. The van der Waals surface area contributed by atoms with Crippen LogP contribution in [0.4, 0.5) is 5.69 Å². The Morgan fingerprint density at radius 3 is 2.70 bits per heavy atom. The van der Waals surface area contributed by atoms with Crippen molar-refractivity contribution >= 4 is 17.5 Å². The lowest BCUT2D eigenvalue weighted by Gasteiger charge is -2.11. The lowest BCUT2D eigenvalue weighted by Crippen LogP contribution is -2.20. The van der Waals surface area contributed by atoms with E-state index in [2.05, 4.69) is 20.8 Å². The number of hydrogen-bond donors (Lipinski definition) is 2. The van der Waals surface area contributed by atoms with E-state index in [1.165, 1.54) is 0 Å². The summed E-state index contributed by atoms with van der Waals surface area (Å²) in [6.45, 7) is 3.56. The molecule has 0 unspecified atom stereocenters. The minimum atomic E-state index is -0.176. The smallest absolute Gasteiger partial charge is 0.251 e. The number of nitrogens with zero attached hydrogens (tertiary/aromatic N) is 2. The van der Waals surface area contributed by atoms with Gasteiger partial charge in [0.15, 0.2) is 5.82 Å². The fourth-order valence-electron chi connectivity index (χ4n) is 2.21. The Morgan fingerprint density at radius 1 is 1.26 bits per heavy atom. The molecule has 0 atom stereocenters. The fraction of sp³-hybridized carbons (Fsp3) is 0.375. The van der Waals surface area contributed by atoms with Crippen molar-refractivity contribution in [2.75, 3.05) is 12.4 Å². The molecule has 2 amide bonds. The topological polar surface area (TPSA) is 97.1 Å². The van der Waals surface area contributed by atoms with Gasteiger partial charge in [-0.1, -0.05) is 11.2 Å². The maximum absolute atomic E-state index is 12.0. The number of benzene rings is 1. The molecule has 0 bridgehead atoms. The number of anilines is 1. The lowest BCUT2D eigenvalue weighted by atomic mass is 10.1. The molecule has 2 N–H and O–H groups in total. The molecule has 0 fully saturated rings. The van der Waals surface area contributed by atoms with Gasteiger partial charge in [-0.15, -0.1) is 0 Å². The molecule has 7 heteroatoms. The van der Waals surface area contributed by atoms with Crippen LogP contribution in [0, 0.1) is 13.8 Å². The summed E-state index contributed by atoms with van der Waals surface area (Å²) in [6.07, 6.45) is 1.51. The normalized spacial score (nSPS) is 10.4. The summed E-state index contributed by atoms with van der Waals surface area (Å²) >= 11 is 0. The molecule has 0 saturated carbocycles. The van der Waals surface area contributed by atoms with Gasteiger partial charge in [-0.2, -0.15) is 4.98 Å². The second-order valence-corrected chi connectivity index (χ2v) is 5.19. The van der Waals surface area contributed by atoms with E-state index in [0.29, 0.717) is 42.2 Å². The van der Waals surface area contributed by atoms with E-state index in [9.17, 15) is 9.59 Å². The molecule has 1 aromatic heterocycles. The van der Waals surface area contributed by atoms with Gasteiger partial charge in [0.2, 0.25) is 11.8 Å². The minimum Gasteiger partial charge on any atom is -0.355 e. The van der Waals surface area contributed by atoms with Gasteiger partial charge < -0.3 is 15.2 Å². The minimum absolute atomic E-state index is 0.113. The molecular weight excluding hydrogens is 296 g/mol. The molecule has 0 spiro atoms. The van der Waals surface area contributed by atoms with Gasteiger partial charge in [0, 0.05) is 31.1 Å². The molecule has 0 radical (unpaired) electrons. The zero-order valence-electron chi connectivity index (χ0n) is 13.5. The Bertz CT molecular complexity index is 709. The first-order valence-corrected chi connectivity index (χ1v) is 7.42. The lowest BCUT2D eigenvalue weighted by molar-refractivity contribution is -0.116. The molecule has 23 heavy (non-hydrogen) atoms. The monoisotopic (exact) mass is 316 g/mol. The van der Waals surface area contributed by atoms with Crippen molar-refractivity contribution in [2.45, 2.75) is 33.1 Å². The Hall–Kier alpha value is -2.70.